The lowest BCUT2D eigenvalue weighted by molar-refractivity contribution is -0.131. The number of amides is 1. The third-order valence-electron chi connectivity index (χ3n) is 5.55. The van der Waals surface area contributed by atoms with Crippen molar-refractivity contribution >= 4 is 5.91 Å². The Balaban J connectivity index is 1.49. The first-order valence-electron chi connectivity index (χ1n) is 10.0. The van der Waals surface area contributed by atoms with Gasteiger partial charge in [-0.05, 0) is 57.8 Å². The summed E-state index contributed by atoms with van der Waals surface area (Å²) >= 11 is 0. The Morgan fingerprint density at radius 1 is 1.12 bits per heavy atom. The van der Waals surface area contributed by atoms with Crippen LogP contribution in [0, 0.1) is 0 Å². The Morgan fingerprint density at radius 2 is 1.80 bits per heavy atom. The van der Waals surface area contributed by atoms with E-state index < -0.39 is 0 Å². The highest BCUT2D eigenvalue weighted by Gasteiger charge is 2.26. The number of nitrogens with one attached hydrogen (secondary N) is 1. The van der Waals surface area contributed by atoms with Crippen molar-refractivity contribution in [2.75, 3.05) is 32.7 Å². The van der Waals surface area contributed by atoms with Crippen molar-refractivity contribution in [1.29, 1.82) is 0 Å². The number of hydrogen-bond donors (Lipinski definition) is 1. The molecule has 1 aromatic rings. The van der Waals surface area contributed by atoms with Crippen molar-refractivity contribution < 1.29 is 9.21 Å². The van der Waals surface area contributed by atoms with Crippen LogP contribution < -0.4 is 5.32 Å². The fraction of sp³-hybridized carbons (Fsp3) is 0.750. The van der Waals surface area contributed by atoms with Gasteiger partial charge < -0.3 is 14.6 Å². The van der Waals surface area contributed by atoms with Crippen LogP contribution in [-0.2, 0) is 4.79 Å². The predicted octanol–water partition coefficient (Wildman–Crippen LogP) is 3.19. The highest BCUT2D eigenvalue weighted by Crippen LogP contribution is 2.25. The highest BCUT2D eigenvalue weighted by atomic mass is 16.3. The molecule has 2 fully saturated rings. The molecule has 0 saturated carbocycles. The van der Waals surface area contributed by atoms with E-state index in [2.05, 4.69) is 28.1 Å². The summed E-state index contributed by atoms with van der Waals surface area (Å²) in [4.78, 5) is 17.1. The van der Waals surface area contributed by atoms with Gasteiger partial charge in [0.1, 0.15) is 5.76 Å². The van der Waals surface area contributed by atoms with E-state index in [1.165, 1.54) is 25.7 Å². The molecular weight excluding hydrogens is 314 g/mol. The fourth-order valence-electron chi connectivity index (χ4n) is 4.04. The lowest BCUT2D eigenvalue weighted by Gasteiger charge is -2.28. The summed E-state index contributed by atoms with van der Waals surface area (Å²) in [5, 5.41) is 3.58. The van der Waals surface area contributed by atoms with E-state index in [9.17, 15) is 4.79 Å². The highest BCUT2D eigenvalue weighted by molar-refractivity contribution is 5.76. The smallest absolute Gasteiger partial charge is 0.224 e. The van der Waals surface area contributed by atoms with Crippen molar-refractivity contribution in [2.45, 2.75) is 64.0 Å². The topological polar surface area (TPSA) is 48.7 Å². The van der Waals surface area contributed by atoms with E-state index >= 15 is 0 Å². The van der Waals surface area contributed by atoms with E-state index in [1.807, 2.05) is 6.07 Å². The molecule has 140 valence electrons. The minimum absolute atomic E-state index is 0.191. The number of carbonyl (C=O) groups excluding carboxylic acids is 1. The third-order valence-corrected chi connectivity index (χ3v) is 5.55. The molecule has 0 spiro atoms. The molecule has 2 saturated heterocycles. The van der Waals surface area contributed by atoms with Gasteiger partial charge in [-0.15, -0.1) is 0 Å². The van der Waals surface area contributed by atoms with Gasteiger partial charge in [-0.3, -0.25) is 9.69 Å². The minimum atomic E-state index is 0.191. The summed E-state index contributed by atoms with van der Waals surface area (Å²) in [7, 11) is 0. The number of nitrogens with zero attached hydrogens (tertiary/aromatic N) is 2. The van der Waals surface area contributed by atoms with Crippen molar-refractivity contribution in [2.24, 2.45) is 0 Å². The van der Waals surface area contributed by atoms with E-state index in [0.717, 1.165) is 51.3 Å². The van der Waals surface area contributed by atoms with Crippen molar-refractivity contribution in [1.82, 2.24) is 15.1 Å². The molecule has 5 heteroatoms. The van der Waals surface area contributed by atoms with E-state index in [1.54, 1.807) is 6.26 Å². The summed E-state index contributed by atoms with van der Waals surface area (Å²) < 4.78 is 5.67. The maximum absolute atomic E-state index is 12.5. The Morgan fingerprint density at radius 3 is 2.44 bits per heavy atom. The monoisotopic (exact) mass is 347 g/mol. The molecule has 1 N–H and O–H groups in total. The van der Waals surface area contributed by atoms with Gasteiger partial charge in [0.15, 0.2) is 0 Å². The van der Waals surface area contributed by atoms with Gasteiger partial charge in [-0.1, -0.05) is 12.8 Å². The fourth-order valence-corrected chi connectivity index (χ4v) is 4.04. The van der Waals surface area contributed by atoms with E-state index in [0.29, 0.717) is 12.3 Å². The van der Waals surface area contributed by atoms with Crippen LogP contribution in [0.1, 0.15) is 63.7 Å². The molecule has 2 aliphatic rings. The van der Waals surface area contributed by atoms with Crippen LogP contribution in [0.15, 0.2) is 22.8 Å². The normalized spacial score (nSPS) is 21.9. The van der Waals surface area contributed by atoms with Crippen LogP contribution in [0.2, 0.25) is 0 Å². The molecule has 2 atom stereocenters. The summed E-state index contributed by atoms with van der Waals surface area (Å²) in [5.41, 5.74) is 0. The molecule has 3 heterocycles. The van der Waals surface area contributed by atoms with Crippen molar-refractivity contribution in [3.05, 3.63) is 24.2 Å². The van der Waals surface area contributed by atoms with Gasteiger partial charge >= 0.3 is 0 Å². The van der Waals surface area contributed by atoms with E-state index in [-0.39, 0.29) is 12.1 Å². The summed E-state index contributed by atoms with van der Waals surface area (Å²) in [6.07, 6.45) is 9.71. The average Bonchev–Trinajstić information content (AvgIpc) is 3.25. The molecule has 2 aliphatic heterocycles. The SMILES string of the molecule is C[C@@H](CC(=O)N1CCCCCC1)NC[C@H](c1ccco1)N1CCCC1. The first-order chi connectivity index (χ1) is 12.2. The number of hydrogen-bond acceptors (Lipinski definition) is 4. The van der Waals surface area contributed by atoms with Crippen LogP contribution in [0.3, 0.4) is 0 Å². The predicted molar refractivity (Wildman–Crippen MR) is 99.4 cm³/mol. The van der Waals surface area contributed by atoms with Gasteiger partial charge in [0.05, 0.1) is 12.3 Å². The summed E-state index contributed by atoms with van der Waals surface area (Å²) in [6.45, 7) is 7.10. The van der Waals surface area contributed by atoms with Crippen LogP contribution >= 0.6 is 0 Å². The molecule has 1 amide bonds. The molecule has 0 aromatic carbocycles. The molecule has 3 rings (SSSR count). The number of carbonyl (C=O) groups is 1. The van der Waals surface area contributed by atoms with Crippen molar-refractivity contribution in [3.63, 3.8) is 0 Å². The molecule has 0 radical (unpaired) electrons. The zero-order valence-electron chi connectivity index (χ0n) is 15.6. The van der Waals surface area contributed by atoms with Crippen LogP contribution in [0.25, 0.3) is 0 Å². The second kappa shape index (κ2) is 9.39. The Kier molecular flexibility index (Phi) is 6.93. The largest absolute Gasteiger partial charge is 0.468 e. The van der Waals surface area contributed by atoms with Gasteiger partial charge in [0.25, 0.3) is 0 Å². The number of likely N-dealkylation sites (tertiary alicyclic amines) is 2. The van der Waals surface area contributed by atoms with Gasteiger partial charge in [0, 0.05) is 32.1 Å². The van der Waals surface area contributed by atoms with Gasteiger partial charge in [0.2, 0.25) is 5.91 Å². The second-order valence-corrected chi connectivity index (χ2v) is 7.58. The first-order valence-corrected chi connectivity index (χ1v) is 10.0. The molecule has 25 heavy (non-hydrogen) atoms. The molecular formula is C20H33N3O2. The first kappa shape index (κ1) is 18.5. The van der Waals surface area contributed by atoms with Crippen LogP contribution in [-0.4, -0.2) is 54.5 Å². The molecule has 0 bridgehead atoms. The standard InChI is InChI=1S/C20H33N3O2/c1-17(15-20(24)23-12-4-2-3-5-13-23)21-16-18(19-9-8-14-25-19)22-10-6-7-11-22/h8-9,14,17-18,21H,2-7,10-13,15-16H2,1H3/t17-,18+/m0/s1. The second-order valence-electron chi connectivity index (χ2n) is 7.58. The zero-order chi connectivity index (χ0) is 17.5. The maximum Gasteiger partial charge on any atom is 0.224 e. The lowest BCUT2D eigenvalue weighted by Crippen LogP contribution is -2.41. The van der Waals surface area contributed by atoms with E-state index in [4.69, 9.17) is 4.42 Å². The molecule has 5 nitrogen and oxygen atoms in total. The third kappa shape index (κ3) is 5.32. The number of furan rings is 1. The summed E-state index contributed by atoms with van der Waals surface area (Å²) in [5.74, 6) is 1.33. The molecule has 0 aliphatic carbocycles. The summed E-state index contributed by atoms with van der Waals surface area (Å²) in [6, 6.07) is 4.49. The molecule has 1 aromatic heterocycles. The van der Waals surface area contributed by atoms with Crippen LogP contribution in [0.5, 0.6) is 0 Å². The average molecular weight is 348 g/mol. The Labute approximate surface area is 151 Å². The van der Waals surface area contributed by atoms with Gasteiger partial charge in [-0.2, -0.15) is 0 Å². The zero-order valence-corrected chi connectivity index (χ0v) is 15.6. The quantitative estimate of drug-likeness (QED) is 0.823. The van der Waals surface area contributed by atoms with Gasteiger partial charge in [-0.25, -0.2) is 0 Å². The molecule has 0 unspecified atom stereocenters. The Hall–Kier alpha value is -1.33. The minimum Gasteiger partial charge on any atom is -0.468 e. The number of rotatable bonds is 7. The lowest BCUT2D eigenvalue weighted by atomic mass is 10.1. The van der Waals surface area contributed by atoms with Crippen LogP contribution in [0.4, 0.5) is 0 Å². The van der Waals surface area contributed by atoms with Crippen molar-refractivity contribution in [3.8, 4) is 0 Å². The maximum atomic E-state index is 12.5. The Bertz CT molecular complexity index is 503.